The highest BCUT2D eigenvalue weighted by Crippen LogP contribution is 2.47. The molecule has 6 heteroatoms. The molecular formula is C21H21ClN2O2S. The first-order valence-electron chi connectivity index (χ1n) is 9.14. The lowest BCUT2D eigenvalue weighted by Gasteiger charge is -2.01. The van der Waals surface area contributed by atoms with Gasteiger partial charge in [0.2, 0.25) is 5.91 Å². The van der Waals surface area contributed by atoms with Gasteiger partial charge in [-0.1, -0.05) is 30.7 Å². The Morgan fingerprint density at radius 1 is 1.37 bits per heavy atom. The molecule has 4 rings (SSSR count). The Kier molecular flexibility index (Phi) is 5.32. The lowest BCUT2D eigenvalue weighted by Crippen LogP contribution is -2.11. The van der Waals surface area contributed by atoms with E-state index >= 15 is 0 Å². The van der Waals surface area contributed by atoms with Crippen molar-refractivity contribution in [3.05, 3.63) is 69.6 Å². The first-order chi connectivity index (χ1) is 13.1. The van der Waals surface area contributed by atoms with Crippen LogP contribution in [0.2, 0.25) is 5.02 Å². The van der Waals surface area contributed by atoms with E-state index in [-0.39, 0.29) is 5.91 Å². The zero-order valence-electron chi connectivity index (χ0n) is 15.1. The van der Waals surface area contributed by atoms with Gasteiger partial charge in [0, 0.05) is 41.3 Å². The average molecular weight is 401 g/mol. The number of carbonyl (C=O) groups is 1. The summed E-state index contributed by atoms with van der Waals surface area (Å²) in [6.07, 6.45) is 4.75. The second-order valence-corrected chi connectivity index (χ2v) is 8.66. The second kappa shape index (κ2) is 7.87. The maximum atomic E-state index is 12.2. The largest absolute Gasteiger partial charge is 0.466 e. The molecular weight excluding hydrogens is 380 g/mol. The highest BCUT2D eigenvalue weighted by molar-refractivity contribution is 7.15. The molecule has 140 valence electrons. The van der Waals surface area contributed by atoms with Gasteiger partial charge in [0.25, 0.3) is 0 Å². The number of nitrogens with one attached hydrogen (secondary N) is 1. The Hall–Kier alpha value is -2.11. The quantitative estimate of drug-likeness (QED) is 0.555. The van der Waals surface area contributed by atoms with Crippen molar-refractivity contribution in [2.24, 2.45) is 5.92 Å². The van der Waals surface area contributed by atoms with Crippen molar-refractivity contribution >= 4 is 34.0 Å². The molecule has 4 nitrogen and oxygen atoms in total. The van der Waals surface area contributed by atoms with Crippen molar-refractivity contribution in [1.29, 1.82) is 0 Å². The van der Waals surface area contributed by atoms with Crippen LogP contribution in [0.5, 0.6) is 0 Å². The predicted molar refractivity (Wildman–Crippen MR) is 109 cm³/mol. The number of thiazole rings is 1. The van der Waals surface area contributed by atoms with Gasteiger partial charge in [0.05, 0.1) is 0 Å². The molecule has 1 amide bonds. The number of benzene rings is 1. The van der Waals surface area contributed by atoms with E-state index < -0.39 is 0 Å². The van der Waals surface area contributed by atoms with Crippen LogP contribution in [0.25, 0.3) is 0 Å². The number of hydrogen-bond acceptors (Lipinski definition) is 4. The Bertz CT molecular complexity index is 949. The van der Waals surface area contributed by atoms with Crippen LogP contribution in [0.3, 0.4) is 0 Å². The third-order valence-corrected chi connectivity index (χ3v) is 5.97. The van der Waals surface area contributed by atoms with Crippen molar-refractivity contribution in [1.82, 2.24) is 4.98 Å². The maximum absolute atomic E-state index is 12.2. The number of amides is 1. The summed E-state index contributed by atoms with van der Waals surface area (Å²) in [5.41, 5.74) is 1.13. The minimum atomic E-state index is -0.0450. The number of anilines is 1. The summed E-state index contributed by atoms with van der Waals surface area (Å²) in [6.45, 7) is 2.23. The third-order valence-electron chi connectivity index (χ3n) is 4.82. The fourth-order valence-electron chi connectivity index (χ4n) is 3.16. The second-order valence-electron chi connectivity index (χ2n) is 7.11. The maximum Gasteiger partial charge on any atom is 0.226 e. The molecule has 2 aromatic heterocycles. The van der Waals surface area contributed by atoms with Gasteiger partial charge in [-0.15, -0.1) is 11.3 Å². The van der Waals surface area contributed by atoms with E-state index in [1.807, 2.05) is 36.4 Å². The Morgan fingerprint density at radius 2 is 2.22 bits per heavy atom. The number of hydrogen-bond donors (Lipinski definition) is 1. The van der Waals surface area contributed by atoms with E-state index in [2.05, 4.69) is 17.2 Å². The van der Waals surface area contributed by atoms with Gasteiger partial charge in [-0.2, -0.15) is 0 Å². The first-order valence-corrected chi connectivity index (χ1v) is 10.3. The zero-order valence-corrected chi connectivity index (χ0v) is 16.6. The molecule has 0 unspecified atom stereocenters. The minimum Gasteiger partial charge on any atom is -0.466 e. The van der Waals surface area contributed by atoms with Gasteiger partial charge >= 0.3 is 0 Å². The summed E-state index contributed by atoms with van der Waals surface area (Å²) >= 11 is 7.51. The summed E-state index contributed by atoms with van der Waals surface area (Å²) in [4.78, 5) is 17.6. The van der Waals surface area contributed by atoms with Crippen LogP contribution < -0.4 is 5.32 Å². The zero-order chi connectivity index (χ0) is 18.8. The number of furan rings is 1. The average Bonchev–Trinajstić information content (AvgIpc) is 3.02. The van der Waals surface area contributed by atoms with Crippen molar-refractivity contribution in [3.8, 4) is 0 Å². The number of nitrogens with zero attached hydrogens (tertiary/aromatic N) is 1. The van der Waals surface area contributed by atoms with Gasteiger partial charge in [-0.05, 0) is 42.2 Å². The fraction of sp³-hybridized carbons (Fsp3) is 0.333. The molecule has 3 aromatic rings. The summed E-state index contributed by atoms with van der Waals surface area (Å²) in [6, 6.07) is 11.8. The predicted octanol–water partition coefficient (Wildman–Crippen LogP) is 5.68. The van der Waals surface area contributed by atoms with Crippen molar-refractivity contribution in [3.63, 3.8) is 0 Å². The van der Waals surface area contributed by atoms with Gasteiger partial charge in [0.1, 0.15) is 11.5 Å². The molecule has 0 radical (unpaired) electrons. The van der Waals surface area contributed by atoms with E-state index in [4.69, 9.17) is 16.0 Å². The summed E-state index contributed by atoms with van der Waals surface area (Å²) < 4.78 is 5.85. The normalized spacial score (nSPS) is 18.4. The standard InChI is InChI=1S/C21H21ClN2O2S/c1-13-9-18(13)19-7-5-16(26-19)6-8-20(25)24-21-23-12-17(27-21)11-14-3-2-4-15(22)10-14/h2-5,7,10,12-13,18H,6,8-9,11H2,1H3,(H,23,24,25)/t13-,18+/m1/s1. The third kappa shape index (κ3) is 4.79. The van der Waals surface area contributed by atoms with Crippen LogP contribution >= 0.6 is 22.9 Å². The Morgan fingerprint density at radius 3 is 3.00 bits per heavy atom. The molecule has 2 atom stereocenters. The van der Waals surface area contributed by atoms with Crippen LogP contribution in [0, 0.1) is 5.92 Å². The molecule has 1 fully saturated rings. The van der Waals surface area contributed by atoms with Gasteiger partial charge in [0.15, 0.2) is 5.13 Å². The van der Waals surface area contributed by atoms with Crippen LogP contribution in [0.15, 0.2) is 47.0 Å². The van der Waals surface area contributed by atoms with Crippen LogP contribution in [-0.2, 0) is 17.6 Å². The summed E-state index contributed by atoms with van der Waals surface area (Å²) in [7, 11) is 0. The molecule has 1 saturated carbocycles. The number of aryl methyl sites for hydroxylation is 1. The molecule has 1 aliphatic carbocycles. The van der Waals surface area contributed by atoms with Crippen LogP contribution in [0.1, 0.15) is 47.6 Å². The summed E-state index contributed by atoms with van der Waals surface area (Å²) in [5, 5.41) is 4.23. The highest BCUT2D eigenvalue weighted by Gasteiger charge is 2.36. The molecule has 0 aliphatic heterocycles. The van der Waals surface area contributed by atoms with E-state index in [0.717, 1.165) is 39.3 Å². The molecule has 0 bridgehead atoms. The van der Waals surface area contributed by atoms with Gasteiger partial charge in [-0.25, -0.2) is 4.98 Å². The number of halogens is 1. The van der Waals surface area contributed by atoms with Crippen molar-refractivity contribution in [2.75, 3.05) is 5.32 Å². The molecule has 1 aromatic carbocycles. The van der Waals surface area contributed by atoms with Crippen LogP contribution in [-0.4, -0.2) is 10.9 Å². The van der Waals surface area contributed by atoms with Gasteiger partial charge < -0.3 is 9.73 Å². The van der Waals surface area contributed by atoms with Crippen LogP contribution in [0.4, 0.5) is 5.13 Å². The molecule has 1 aliphatic rings. The lowest BCUT2D eigenvalue weighted by molar-refractivity contribution is -0.116. The first kappa shape index (κ1) is 18.3. The Balaban J connectivity index is 1.27. The smallest absolute Gasteiger partial charge is 0.226 e. The van der Waals surface area contributed by atoms with E-state index in [1.165, 1.54) is 17.8 Å². The van der Waals surface area contributed by atoms with Crippen molar-refractivity contribution < 1.29 is 9.21 Å². The van der Waals surface area contributed by atoms with Crippen molar-refractivity contribution in [2.45, 2.75) is 38.5 Å². The minimum absolute atomic E-state index is 0.0450. The van der Waals surface area contributed by atoms with E-state index in [9.17, 15) is 4.79 Å². The number of rotatable bonds is 7. The molecule has 1 N–H and O–H groups in total. The molecule has 0 saturated heterocycles. The van der Waals surface area contributed by atoms with Gasteiger partial charge in [-0.3, -0.25) is 4.79 Å². The fourth-order valence-corrected chi connectivity index (χ4v) is 4.24. The topological polar surface area (TPSA) is 55.1 Å². The van der Waals surface area contributed by atoms with E-state index in [0.29, 0.717) is 23.9 Å². The molecule has 27 heavy (non-hydrogen) atoms. The molecule has 2 heterocycles. The monoisotopic (exact) mass is 400 g/mol. The Labute approximate surface area is 167 Å². The SMILES string of the molecule is C[C@@H]1C[C@@H]1c1ccc(CCC(=O)Nc2ncc(Cc3cccc(Cl)c3)s2)o1. The van der Waals surface area contributed by atoms with E-state index in [1.54, 1.807) is 6.20 Å². The number of carbonyl (C=O) groups excluding carboxylic acids is 1. The highest BCUT2D eigenvalue weighted by atomic mass is 35.5. The lowest BCUT2D eigenvalue weighted by atomic mass is 10.1. The molecule has 0 spiro atoms. The number of aromatic nitrogens is 1. The summed E-state index contributed by atoms with van der Waals surface area (Å²) in [5.74, 6) is 3.18.